The Balaban J connectivity index is 2.64. The van der Waals surface area contributed by atoms with E-state index in [9.17, 15) is 4.79 Å². The number of aryl methyl sites for hydroxylation is 1. The van der Waals surface area contributed by atoms with Gasteiger partial charge < -0.3 is 4.74 Å². The molecule has 0 heterocycles. The Morgan fingerprint density at radius 1 is 1.39 bits per heavy atom. The summed E-state index contributed by atoms with van der Waals surface area (Å²) in [4.78, 5) is 14.9. The van der Waals surface area contributed by atoms with Gasteiger partial charge in [-0.25, -0.2) is 4.79 Å². The molecule has 1 saturated carbocycles. The van der Waals surface area contributed by atoms with Crippen molar-refractivity contribution in [2.24, 2.45) is 4.99 Å². The van der Waals surface area contributed by atoms with Crippen LogP contribution in [0.2, 0.25) is 0 Å². The van der Waals surface area contributed by atoms with Gasteiger partial charge >= 0.3 is 0 Å². The van der Waals surface area contributed by atoms with Crippen molar-refractivity contribution in [1.29, 1.82) is 0 Å². The molecule has 0 amide bonds. The number of isocyanates is 1. The monoisotopic (exact) mass is 309 g/mol. The summed E-state index contributed by atoms with van der Waals surface area (Å²) in [7, 11) is 1.66. The molecule has 0 N–H and O–H groups in total. The molecule has 0 bridgehead atoms. The van der Waals surface area contributed by atoms with Crippen molar-refractivity contribution < 1.29 is 9.53 Å². The predicted molar refractivity (Wildman–Crippen MR) is 73.7 cm³/mol. The number of halogens is 1. The van der Waals surface area contributed by atoms with Crippen LogP contribution in [0.5, 0.6) is 5.75 Å². The Bertz CT molecular complexity index is 501. The third-order valence-electron chi connectivity index (χ3n) is 3.64. The van der Waals surface area contributed by atoms with Crippen molar-refractivity contribution in [3.8, 4) is 5.75 Å². The lowest BCUT2D eigenvalue weighted by molar-refractivity contribution is 0.376. The Hall–Kier alpha value is -1.12. The summed E-state index contributed by atoms with van der Waals surface area (Å²) in [6, 6.07) is 4.02. The van der Waals surface area contributed by atoms with Gasteiger partial charge in [0.05, 0.1) is 7.11 Å². The van der Waals surface area contributed by atoms with Crippen molar-refractivity contribution >= 4 is 22.0 Å². The molecule has 0 aromatic heterocycles. The zero-order valence-corrected chi connectivity index (χ0v) is 12.2. The van der Waals surface area contributed by atoms with E-state index >= 15 is 0 Å². The van der Waals surface area contributed by atoms with E-state index in [1.807, 2.05) is 19.1 Å². The van der Waals surface area contributed by atoms with Gasteiger partial charge in [0.25, 0.3) is 0 Å². The standard InChI is InChI=1S/C14H16BrNO2/c1-10-7-11(15)8-12(13(10)18-2)14(16-9-17)5-3-4-6-14/h7-8H,3-6H2,1-2H3. The molecule has 4 heteroatoms. The second-order valence-electron chi connectivity index (χ2n) is 4.75. The van der Waals surface area contributed by atoms with E-state index in [-0.39, 0.29) is 0 Å². The minimum atomic E-state index is -0.443. The molecule has 1 aliphatic rings. The van der Waals surface area contributed by atoms with Gasteiger partial charge in [0.1, 0.15) is 11.3 Å². The van der Waals surface area contributed by atoms with Crippen LogP contribution in [0.4, 0.5) is 0 Å². The fourth-order valence-electron chi connectivity index (χ4n) is 2.84. The Labute approximate surface area is 115 Å². The van der Waals surface area contributed by atoms with Crippen molar-refractivity contribution in [3.63, 3.8) is 0 Å². The van der Waals surface area contributed by atoms with Crippen LogP contribution in [0, 0.1) is 6.92 Å². The second-order valence-corrected chi connectivity index (χ2v) is 5.66. The lowest BCUT2D eigenvalue weighted by atomic mass is 9.87. The molecule has 0 saturated heterocycles. The number of hydrogen-bond acceptors (Lipinski definition) is 3. The molecule has 1 fully saturated rings. The van der Waals surface area contributed by atoms with E-state index in [0.29, 0.717) is 0 Å². The SMILES string of the molecule is COc1c(C)cc(Br)cc1C1(N=C=O)CCCC1. The zero-order chi connectivity index (χ0) is 13.2. The average Bonchev–Trinajstić information content (AvgIpc) is 2.78. The van der Waals surface area contributed by atoms with E-state index in [1.54, 1.807) is 13.2 Å². The van der Waals surface area contributed by atoms with Crippen molar-refractivity contribution in [3.05, 3.63) is 27.7 Å². The van der Waals surface area contributed by atoms with Gasteiger partial charge in [-0.2, -0.15) is 4.99 Å². The Morgan fingerprint density at radius 3 is 2.61 bits per heavy atom. The summed E-state index contributed by atoms with van der Waals surface area (Å²) in [5, 5.41) is 0. The maximum Gasteiger partial charge on any atom is 0.235 e. The number of hydrogen-bond donors (Lipinski definition) is 0. The molecule has 18 heavy (non-hydrogen) atoms. The van der Waals surface area contributed by atoms with Crippen LogP contribution in [0.25, 0.3) is 0 Å². The third kappa shape index (κ3) is 2.23. The van der Waals surface area contributed by atoms with Crippen molar-refractivity contribution in [1.82, 2.24) is 0 Å². The molecule has 2 rings (SSSR count). The first-order valence-electron chi connectivity index (χ1n) is 6.06. The number of rotatable bonds is 3. The highest BCUT2D eigenvalue weighted by Gasteiger charge is 2.38. The van der Waals surface area contributed by atoms with Crippen LogP contribution in [0.1, 0.15) is 36.8 Å². The number of methoxy groups -OCH3 is 1. The first-order chi connectivity index (χ1) is 8.63. The summed E-state index contributed by atoms with van der Waals surface area (Å²) in [5.41, 5.74) is 1.61. The van der Waals surface area contributed by atoms with E-state index in [2.05, 4.69) is 20.9 Å². The fourth-order valence-corrected chi connectivity index (χ4v) is 3.41. The van der Waals surface area contributed by atoms with E-state index in [1.165, 1.54) is 0 Å². The van der Waals surface area contributed by atoms with Gasteiger partial charge in [0, 0.05) is 10.0 Å². The molecule has 1 aromatic carbocycles. The molecule has 0 unspecified atom stereocenters. The van der Waals surface area contributed by atoms with Gasteiger partial charge in [0.2, 0.25) is 6.08 Å². The highest BCUT2D eigenvalue weighted by atomic mass is 79.9. The first-order valence-corrected chi connectivity index (χ1v) is 6.86. The van der Waals surface area contributed by atoms with Crippen molar-refractivity contribution in [2.75, 3.05) is 7.11 Å². The van der Waals surface area contributed by atoms with Crippen LogP contribution in [-0.4, -0.2) is 13.2 Å². The average molecular weight is 310 g/mol. The van der Waals surface area contributed by atoms with Crippen LogP contribution in [0.15, 0.2) is 21.6 Å². The van der Waals surface area contributed by atoms with Gasteiger partial charge in [0.15, 0.2) is 0 Å². The molecule has 0 radical (unpaired) electrons. The van der Waals surface area contributed by atoms with Crippen LogP contribution < -0.4 is 4.74 Å². The normalized spacial score (nSPS) is 17.3. The van der Waals surface area contributed by atoms with E-state index in [4.69, 9.17) is 4.74 Å². The van der Waals surface area contributed by atoms with Gasteiger partial charge in [-0.15, -0.1) is 0 Å². The lowest BCUT2D eigenvalue weighted by Gasteiger charge is -2.26. The number of benzene rings is 1. The zero-order valence-electron chi connectivity index (χ0n) is 10.6. The molecule has 3 nitrogen and oxygen atoms in total. The topological polar surface area (TPSA) is 38.7 Å². The molecule has 1 aromatic rings. The van der Waals surface area contributed by atoms with Crippen LogP contribution in [-0.2, 0) is 10.3 Å². The first kappa shape index (κ1) is 13.3. The van der Waals surface area contributed by atoms with E-state index in [0.717, 1.165) is 47.0 Å². The molecule has 0 atom stereocenters. The molecule has 0 spiro atoms. The Kier molecular flexibility index (Phi) is 3.88. The Morgan fingerprint density at radius 2 is 2.06 bits per heavy atom. The molecule has 96 valence electrons. The largest absolute Gasteiger partial charge is 0.496 e. The minimum Gasteiger partial charge on any atom is -0.496 e. The summed E-state index contributed by atoms with van der Waals surface area (Å²) in [6.07, 6.45) is 5.68. The predicted octanol–water partition coefficient (Wildman–Crippen LogP) is 3.87. The van der Waals surface area contributed by atoms with Crippen LogP contribution >= 0.6 is 15.9 Å². The summed E-state index contributed by atoms with van der Waals surface area (Å²) in [6.45, 7) is 2.00. The third-order valence-corrected chi connectivity index (χ3v) is 4.09. The van der Waals surface area contributed by atoms with Crippen LogP contribution in [0.3, 0.4) is 0 Å². The maximum absolute atomic E-state index is 10.8. The van der Waals surface area contributed by atoms with E-state index < -0.39 is 5.54 Å². The fraction of sp³-hybridized carbons (Fsp3) is 0.500. The number of ether oxygens (including phenoxy) is 1. The lowest BCUT2D eigenvalue weighted by Crippen LogP contribution is -2.20. The molecular formula is C14H16BrNO2. The van der Waals surface area contributed by atoms with Gasteiger partial charge in [-0.1, -0.05) is 28.8 Å². The summed E-state index contributed by atoms with van der Waals surface area (Å²) in [5.74, 6) is 0.833. The highest BCUT2D eigenvalue weighted by Crippen LogP contribution is 2.47. The second kappa shape index (κ2) is 5.25. The molecular weight excluding hydrogens is 294 g/mol. The van der Waals surface area contributed by atoms with Crippen molar-refractivity contribution in [2.45, 2.75) is 38.1 Å². The number of aliphatic imine (C=N–C) groups is 1. The summed E-state index contributed by atoms with van der Waals surface area (Å²) >= 11 is 3.50. The van der Waals surface area contributed by atoms with Gasteiger partial charge in [-0.05, 0) is 37.5 Å². The molecule has 1 aliphatic carbocycles. The minimum absolute atomic E-state index is 0.443. The quantitative estimate of drug-likeness (QED) is 0.628. The number of carbonyl (C=O) groups excluding carboxylic acids is 1. The maximum atomic E-state index is 10.8. The smallest absolute Gasteiger partial charge is 0.235 e. The molecule has 0 aliphatic heterocycles. The number of nitrogens with zero attached hydrogens (tertiary/aromatic N) is 1. The van der Waals surface area contributed by atoms with Gasteiger partial charge in [-0.3, -0.25) is 0 Å². The highest BCUT2D eigenvalue weighted by molar-refractivity contribution is 9.10. The summed E-state index contributed by atoms with van der Waals surface area (Å²) < 4.78 is 6.49.